The highest BCUT2D eigenvalue weighted by molar-refractivity contribution is 14.0. The fourth-order valence-corrected chi connectivity index (χ4v) is 2.88. The first-order valence-electron chi connectivity index (χ1n) is 7.63. The number of nitrogens with zero attached hydrogens (tertiary/aromatic N) is 1. The van der Waals surface area contributed by atoms with E-state index in [1.807, 2.05) is 18.2 Å². The van der Waals surface area contributed by atoms with E-state index in [0.29, 0.717) is 32.3 Å². The Morgan fingerprint density at radius 1 is 1.43 bits per heavy atom. The zero-order chi connectivity index (χ0) is 15.4. The van der Waals surface area contributed by atoms with Crippen LogP contribution in [0.25, 0.3) is 0 Å². The highest BCUT2D eigenvalue weighted by atomic mass is 127. The number of benzene rings is 1. The van der Waals surface area contributed by atoms with Gasteiger partial charge < -0.3 is 25.3 Å². The lowest BCUT2D eigenvalue weighted by molar-refractivity contribution is -0.00906. The summed E-state index contributed by atoms with van der Waals surface area (Å²) in [7, 11) is 1.70. The molecular formula is C16H24IN3O3. The Morgan fingerprint density at radius 2 is 2.26 bits per heavy atom. The second kappa shape index (κ2) is 8.16. The number of nitrogens with one attached hydrogen (secondary N) is 1. The van der Waals surface area contributed by atoms with Gasteiger partial charge in [-0.2, -0.15) is 0 Å². The van der Waals surface area contributed by atoms with E-state index in [1.54, 1.807) is 7.11 Å². The largest absolute Gasteiger partial charge is 0.493 e. The number of aliphatic imine (C=N–C) groups is 1. The molecule has 1 fully saturated rings. The van der Waals surface area contributed by atoms with Gasteiger partial charge in [-0.1, -0.05) is 18.2 Å². The first-order valence-corrected chi connectivity index (χ1v) is 7.63. The van der Waals surface area contributed by atoms with Gasteiger partial charge in [-0.3, -0.25) is 4.99 Å². The molecule has 1 saturated heterocycles. The van der Waals surface area contributed by atoms with Gasteiger partial charge in [0.25, 0.3) is 0 Å². The predicted molar refractivity (Wildman–Crippen MR) is 99.5 cm³/mol. The summed E-state index contributed by atoms with van der Waals surface area (Å²) in [6, 6.07) is 8.14. The Balaban J connectivity index is 0.00000192. The molecule has 2 atom stereocenters. The van der Waals surface area contributed by atoms with Gasteiger partial charge in [0.05, 0.1) is 25.8 Å². The number of para-hydroxylation sites is 1. The summed E-state index contributed by atoms with van der Waals surface area (Å²) in [5.41, 5.74) is 6.84. The summed E-state index contributed by atoms with van der Waals surface area (Å²) in [6.07, 6.45) is 1.71. The number of guanidine groups is 1. The van der Waals surface area contributed by atoms with Gasteiger partial charge in [0, 0.05) is 32.1 Å². The number of ether oxygens (including phenoxy) is 3. The second-order valence-corrected chi connectivity index (χ2v) is 5.76. The van der Waals surface area contributed by atoms with Crippen molar-refractivity contribution < 1.29 is 14.2 Å². The molecule has 7 heteroatoms. The molecule has 3 rings (SSSR count). The van der Waals surface area contributed by atoms with Crippen LogP contribution >= 0.6 is 24.0 Å². The van der Waals surface area contributed by atoms with Gasteiger partial charge >= 0.3 is 0 Å². The smallest absolute Gasteiger partial charge is 0.189 e. The molecule has 1 aromatic rings. The first-order chi connectivity index (χ1) is 10.7. The standard InChI is InChI=1S/C16H23N3O3.HI/c1-20-16(7-9-21-11-16)10-18-15(17)19-13-6-8-22-14-5-3-2-4-12(13)14;/h2-5,13H,6-11H2,1H3,(H3,17,18,19);1H. The molecule has 1 aromatic carbocycles. The fourth-order valence-electron chi connectivity index (χ4n) is 2.88. The van der Waals surface area contributed by atoms with Crippen molar-refractivity contribution in [2.24, 2.45) is 10.7 Å². The third-order valence-corrected chi connectivity index (χ3v) is 4.32. The molecule has 0 amide bonds. The van der Waals surface area contributed by atoms with Crippen molar-refractivity contribution >= 4 is 29.9 Å². The minimum absolute atomic E-state index is 0. The molecule has 128 valence electrons. The van der Waals surface area contributed by atoms with Crippen molar-refractivity contribution in [3.05, 3.63) is 29.8 Å². The minimum Gasteiger partial charge on any atom is -0.493 e. The van der Waals surface area contributed by atoms with E-state index in [2.05, 4.69) is 16.4 Å². The Labute approximate surface area is 153 Å². The number of hydrogen-bond acceptors (Lipinski definition) is 4. The van der Waals surface area contributed by atoms with Crippen molar-refractivity contribution in [2.75, 3.05) is 33.5 Å². The zero-order valence-electron chi connectivity index (χ0n) is 13.3. The molecule has 6 nitrogen and oxygen atoms in total. The van der Waals surface area contributed by atoms with Crippen LogP contribution in [0.5, 0.6) is 5.75 Å². The minimum atomic E-state index is -0.333. The molecule has 3 N–H and O–H groups in total. The van der Waals surface area contributed by atoms with Gasteiger partial charge in [0.1, 0.15) is 11.4 Å². The van der Waals surface area contributed by atoms with Gasteiger partial charge in [0.15, 0.2) is 5.96 Å². The molecule has 0 radical (unpaired) electrons. The first kappa shape index (κ1) is 18.3. The lowest BCUT2D eigenvalue weighted by Crippen LogP contribution is -2.40. The normalized spacial score (nSPS) is 26.8. The highest BCUT2D eigenvalue weighted by Crippen LogP contribution is 2.31. The topological polar surface area (TPSA) is 78.1 Å². The maximum atomic E-state index is 6.06. The number of halogens is 1. The summed E-state index contributed by atoms with van der Waals surface area (Å²) in [6.45, 7) is 2.47. The SMILES string of the molecule is COC1(CN=C(N)NC2CCOc3ccccc32)CCOC1.I. The number of methoxy groups -OCH3 is 1. The average molecular weight is 433 g/mol. The van der Waals surface area contributed by atoms with Gasteiger partial charge in [-0.05, 0) is 6.07 Å². The molecule has 2 heterocycles. The number of hydrogen-bond donors (Lipinski definition) is 2. The Hall–Kier alpha value is -1.06. The fraction of sp³-hybridized carbons (Fsp3) is 0.562. The lowest BCUT2D eigenvalue weighted by atomic mass is 10.0. The van der Waals surface area contributed by atoms with E-state index in [9.17, 15) is 0 Å². The van der Waals surface area contributed by atoms with Crippen LogP contribution in [0.3, 0.4) is 0 Å². The van der Waals surface area contributed by atoms with E-state index in [0.717, 1.165) is 24.2 Å². The van der Waals surface area contributed by atoms with Crippen LogP contribution in [0.2, 0.25) is 0 Å². The third-order valence-electron chi connectivity index (χ3n) is 4.32. The van der Waals surface area contributed by atoms with Crippen molar-refractivity contribution in [1.29, 1.82) is 0 Å². The summed E-state index contributed by atoms with van der Waals surface area (Å²) < 4.78 is 16.6. The van der Waals surface area contributed by atoms with E-state index >= 15 is 0 Å². The molecule has 0 bridgehead atoms. The number of rotatable bonds is 4. The summed E-state index contributed by atoms with van der Waals surface area (Å²) in [4.78, 5) is 4.45. The monoisotopic (exact) mass is 433 g/mol. The van der Waals surface area contributed by atoms with Crippen LogP contribution < -0.4 is 15.8 Å². The molecule has 0 aliphatic carbocycles. The van der Waals surface area contributed by atoms with Crippen LogP contribution in [0.1, 0.15) is 24.4 Å². The molecule has 0 saturated carbocycles. The molecule has 2 aliphatic rings. The number of nitrogens with two attached hydrogens (primary N) is 1. The van der Waals surface area contributed by atoms with Crippen LogP contribution in [-0.2, 0) is 9.47 Å². The van der Waals surface area contributed by atoms with Crippen LogP contribution in [0.15, 0.2) is 29.3 Å². The predicted octanol–water partition coefficient (Wildman–Crippen LogP) is 1.84. The molecule has 2 aliphatic heterocycles. The summed E-state index contributed by atoms with van der Waals surface area (Å²) in [5, 5.41) is 3.29. The van der Waals surface area contributed by atoms with Crippen molar-refractivity contribution in [3.8, 4) is 5.75 Å². The van der Waals surface area contributed by atoms with Gasteiger partial charge in [-0.25, -0.2) is 0 Å². The number of fused-ring (bicyclic) bond motifs is 1. The van der Waals surface area contributed by atoms with E-state index in [1.165, 1.54) is 0 Å². The molecule has 0 aromatic heterocycles. The average Bonchev–Trinajstić information content (AvgIpc) is 3.03. The van der Waals surface area contributed by atoms with Crippen molar-refractivity contribution in [1.82, 2.24) is 5.32 Å². The maximum Gasteiger partial charge on any atom is 0.189 e. The van der Waals surface area contributed by atoms with E-state index in [-0.39, 0.29) is 35.6 Å². The maximum absolute atomic E-state index is 6.06. The van der Waals surface area contributed by atoms with Crippen LogP contribution in [0, 0.1) is 0 Å². The Bertz CT molecular complexity index is 547. The van der Waals surface area contributed by atoms with Crippen molar-refractivity contribution in [2.45, 2.75) is 24.5 Å². The third kappa shape index (κ3) is 4.27. The highest BCUT2D eigenvalue weighted by Gasteiger charge is 2.34. The van der Waals surface area contributed by atoms with Crippen molar-refractivity contribution in [3.63, 3.8) is 0 Å². The van der Waals surface area contributed by atoms with Gasteiger partial charge in [-0.15, -0.1) is 24.0 Å². The quantitative estimate of drug-likeness (QED) is 0.431. The molecular weight excluding hydrogens is 409 g/mol. The van der Waals surface area contributed by atoms with Crippen LogP contribution in [0.4, 0.5) is 0 Å². The second-order valence-electron chi connectivity index (χ2n) is 5.76. The summed E-state index contributed by atoms with van der Waals surface area (Å²) in [5.74, 6) is 1.35. The van der Waals surface area contributed by atoms with Gasteiger partial charge in [0.2, 0.25) is 0 Å². The van der Waals surface area contributed by atoms with E-state index in [4.69, 9.17) is 19.9 Å². The molecule has 23 heavy (non-hydrogen) atoms. The molecule has 0 spiro atoms. The lowest BCUT2D eigenvalue weighted by Gasteiger charge is -2.27. The molecule has 2 unspecified atom stereocenters. The summed E-state index contributed by atoms with van der Waals surface area (Å²) >= 11 is 0. The Morgan fingerprint density at radius 3 is 3.00 bits per heavy atom. The van der Waals surface area contributed by atoms with E-state index < -0.39 is 0 Å². The van der Waals surface area contributed by atoms with Crippen LogP contribution in [-0.4, -0.2) is 45.0 Å². The zero-order valence-corrected chi connectivity index (χ0v) is 15.6. The Kier molecular flexibility index (Phi) is 6.49.